The molecule has 0 saturated carbocycles. The van der Waals surface area contributed by atoms with Crippen LogP contribution < -0.4 is 10.6 Å². The molecule has 1 heterocycles. The van der Waals surface area contributed by atoms with E-state index in [1.807, 2.05) is 37.3 Å². The third kappa shape index (κ3) is 3.86. The van der Waals surface area contributed by atoms with E-state index in [2.05, 4.69) is 4.98 Å². The normalized spacial score (nSPS) is 10.1. The molecule has 0 bridgehead atoms. The number of aryl methyl sites for hydroxylation is 1. The summed E-state index contributed by atoms with van der Waals surface area (Å²) in [6.07, 6.45) is 2.16. The van der Waals surface area contributed by atoms with Gasteiger partial charge >= 0.3 is 0 Å². The average Bonchev–Trinajstić information content (AvgIpc) is 2.48. The summed E-state index contributed by atoms with van der Waals surface area (Å²) >= 11 is 4.92. The fraction of sp³-hybridized carbons (Fsp3) is 0.188. The lowest BCUT2D eigenvalue weighted by atomic mass is 10.1. The van der Waals surface area contributed by atoms with Crippen molar-refractivity contribution >= 4 is 28.8 Å². The number of aromatic nitrogens is 1. The molecule has 0 saturated heterocycles. The van der Waals surface area contributed by atoms with E-state index in [1.165, 1.54) is 0 Å². The van der Waals surface area contributed by atoms with Gasteiger partial charge in [-0.1, -0.05) is 30.4 Å². The van der Waals surface area contributed by atoms with Gasteiger partial charge in [-0.15, -0.1) is 0 Å². The van der Waals surface area contributed by atoms with Gasteiger partial charge in [0.25, 0.3) is 5.91 Å². The number of rotatable bonds is 5. The third-order valence-corrected chi connectivity index (χ3v) is 3.34. The van der Waals surface area contributed by atoms with E-state index < -0.39 is 0 Å². The third-order valence-electron chi connectivity index (χ3n) is 3.13. The summed E-state index contributed by atoms with van der Waals surface area (Å²) in [6, 6.07) is 13.0. The maximum Gasteiger partial charge on any atom is 0.260 e. The SMILES string of the molecule is Cc1ncccc1C(=O)N(CCC(N)=S)c1ccccc1. The number of hydrogen-bond acceptors (Lipinski definition) is 3. The van der Waals surface area contributed by atoms with Gasteiger partial charge in [0, 0.05) is 30.5 Å². The van der Waals surface area contributed by atoms with Crippen molar-refractivity contribution in [3.8, 4) is 0 Å². The Bertz CT molecular complexity index is 643. The predicted molar refractivity (Wildman–Crippen MR) is 88.5 cm³/mol. The van der Waals surface area contributed by atoms with Crippen molar-refractivity contribution < 1.29 is 4.79 Å². The van der Waals surface area contributed by atoms with E-state index in [4.69, 9.17) is 18.0 Å². The molecule has 21 heavy (non-hydrogen) atoms. The van der Waals surface area contributed by atoms with Gasteiger partial charge in [-0.3, -0.25) is 9.78 Å². The Morgan fingerprint density at radius 3 is 2.57 bits per heavy atom. The Kier molecular flexibility index (Phi) is 5.00. The van der Waals surface area contributed by atoms with Crippen molar-refractivity contribution in [2.24, 2.45) is 5.73 Å². The van der Waals surface area contributed by atoms with Crippen LogP contribution in [0.3, 0.4) is 0 Å². The topological polar surface area (TPSA) is 59.2 Å². The molecule has 1 amide bonds. The van der Waals surface area contributed by atoms with Crippen molar-refractivity contribution in [1.82, 2.24) is 4.98 Å². The highest BCUT2D eigenvalue weighted by molar-refractivity contribution is 7.80. The van der Waals surface area contributed by atoms with Crippen LogP contribution in [0.25, 0.3) is 0 Å². The number of pyridine rings is 1. The van der Waals surface area contributed by atoms with Crippen LogP contribution in [0.4, 0.5) is 5.69 Å². The van der Waals surface area contributed by atoms with Gasteiger partial charge in [-0.05, 0) is 31.2 Å². The van der Waals surface area contributed by atoms with Crippen LogP contribution in [0, 0.1) is 6.92 Å². The molecule has 1 aromatic heterocycles. The van der Waals surface area contributed by atoms with Gasteiger partial charge in [0.2, 0.25) is 0 Å². The fourth-order valence-electron chi connectivity index (χ4n) is 2.03. The Labute approximate surface area is 129 Å². The summed E-state index contributed by atoms with van der Waals surface area (Å²) in [5, 5.41) is 0. The molecule has 1 aromatic carbocycles. The van der Waals surface area contributed by atoms with Crippen LogP contribution in [0.15, 0.2) is 48.7 Å². The lowest BCUT2D eigenvalue weighted by Gasteiger charge is -2.23. The Balaban J connectivity index is 2.33. The first-order valence-corrected chi connectivity index (χ1v) is 7.07. The second kappa shape index (κ2) is 6.95. The highest BCUT2D eigenvalue weighted by Gasteiger charge is 2.19. The number of nitrogens with zero attached hydrogens (tertiary/aromatic N) is 2. The van der Waals surface area contributed by atoms with E-state index in [0.29, 0.717) is 29.2 Å². The highest BCUT2D eigenvalue weighted by atomic mass is 32.1. The monoisotopic (exact) mass is 299 g/mol. The molecule has 0 aliphatic carbocycles. The van der Waals surface area contributed by atoms with E-state index in [9.17, 15) is 4.79 Å². The zero-order chi connectivity index (χ0) is 15.2. The molecule has 0 radical (unpaired) electrons. The van der Waals surface area contributed by atoms with E-state index in [1.54, 1.807) is 23.2 Å². The maximum absolute atomic E-state index is 12.8. The molecule has 0 aliphatic heterocycles. The summed E-state index contributed by atoms with van der Waals surface area (Å²) < 4.78 is 0. The number of benzene rings is 1. The molecular formula is C16H17N3OS. The van der Waals surface area contributed by atoms with Crippen molar-refractivity contribution in [2.45, 2.75) is 13.3 Å². The summed E-state index contributed by atoms with van der Waals surface area (Å²) in [5.41, 5.74) is 7.68. The van der Waals surface area contributed by atoms with Gasteiger partial charge in [0.1, 0.15) is 0 Å². The number of carbonyl (C=O) groups is 1. The largest absolute Gasteiger partial charge is 0.393 e. The van der Waals surface area contributed by atoms with Gasteiger partial charge in [-0.2, -0.15) is 0 Å². The minimum absolute atomic E-state index is 0.0944. The van der Waals surface area contributed by atoms with Crippen molar-refractivity contribution in [1.29, 1.82) is 0 Å². The molecule has 0 spiro atoms. The minimum atomic E-state index is -0.0944. The second-order valence-corrected chi connectivity index (χ2v) is 5.17. The summed E-state index contributed by atoms with van der Waals surface area (Å²) in [6.45, 7) is 2.27. The molecule has 0 atom stereocenters. The first-order valence-electron chi connectivity index (χ1n) is 6.66. The van der Waals surface area contributed by atoms with Crippen molar-refractivity contribution in [3.63, 3.8) is 0 Å². The van der Waals surface area contributed by atoms with Crippen LogP contribution >= 0.6 is 12.2 Å². The Morgan fingerprint density at radius 2 is 1.95 bits per heavy atom. The molecule has 4 nitrogen and oxygen atoms in total. The Hall–Kier alpha value is -2.27. The lowest BCUT2D eigenvalue weighted by molar-refractivity contribution is 0.0986. The van der Waals surface area contributed by atoms with Gasteiger partial charge < -0.3 is 10.6 Å². The first-order chi connectivity index (χ1) is 10.1. The zero-order valence-corrected chi connectivity index (χ0v) is 12.6. The summed E-state index contributed by atoms with van der Waals surface area (Å²) in [5.74, 6) is -0.0944. The van der Waals surface area contributed by atoms with Crippen LogP contribution in [0.2, 0.25) is 0 Å². The van der Waals surface area contributed by atoms with Crippen LogP contribution in [-0.2, 0) is 0 Å². The quantitative estimate of drug-likeness (QED) is 0.862. The van der Waals surface area contributed by atoms with Gasteiger partial charge in [0.15, 0.2) is 0 Å². The summed E-state index contributed by atoms with van der Waals surface area (Å²) in [7, 11) is 0. The number of thiocarbonyl (C=S) groups is 1. The smallest absolute Gasteiger partial charge is 0.260 e. The molecule has 2 aromatic rings. The number of anilines is 1. The standard InChI is InChI=1S/C16H17N3OS/c1-12-14(8-5-10-18-12)16(20)19(11-9-15(17)21)13-6-3-2-4-7-13/h2-8,10H,9,11H2,1H3,(H2,17,21). The van der Waals surface area contributed by atoms with E-state index in [-0.39, 0.29) is 5.91 Å². The molecule has 2 N–H and O–H groups in total. The van der Waals surface area contributed by atoms with Gasteiger partial charge in [-0.25, -0.2) is 0 Å². The Morgan fingerprint density at radius 1 is 1.24 bits per heavy atom. The first kappa shape index (κ1) is 15.1. The van der Waals surface area contributed by atoms with Crippen LogP contribution in [0.1, 0.15) is 22.5 Å². The molecule has 0 aliphatic rings. The average molecular weight is 299 g/mol. The second-order valence-electron chi connectivity index (χ2n) is 4.65. The molecule has 108 valence electrons. The number of carbonyl (C=O) groups excluding carboxylic acids is 1. The minimum Gasteiger partial charge on any atom is -0.393 e. The molecule has 5 heteroatoms. The number of hydrogen-bond donors (Lipinski definition) is 1. The van der Waals surface area contributed by atoms with Crippen LogP contribution in [-0.4, -0.2) is 22.4 Å². The van der Waals surface area contributed by atoms with Crippen LogP contribution in [0.5, 0.6) is 0 Å². The molecular weight excluding hydrogens is 282 g/mol. The van der Waals surface area contributed by atoms with E-state index in [0.717, 1.165) is 5.69 Å². The number of amides is 1. The highest BCUT2D eigenvalue weighted by Crippen LogP contribution is 2.18. The predicted octanol–water partition coefficient (Wildman–Crippen LogP) is 2.71. The van der Waals surface area contributed by atoms with E-state index >= 15 is 0 Å². The lowest BCUT2D eigenvalue weighted by Crippen LogP contribution is -2.34. The molecule has 2 rings (SSSR count). The van der Waals surface area contributed by atoms with Crippen molar-refractivity contribution in [2.75, 3.05) is 11.4 Å². The summed E-state index contributed by atoms with van der Waals surface area (Å²) in [4.78, 5) is 19.0. The van der Waals surface area contributed by atoms with Gasteiger partial charge in [0.05, 0.1) is 10.6 Å². The zero-order valence-electron chi connectivity index (χ0n) is 11.8. The maximum atomic E-state index is 12.8. The molecule has 0 unspecified atom stereocenters. The number of nitrogens with two attached hydrogens (primary N) is 1. The fourth-order valence-corrected chi connectivity index (χ4v) is 2.12. The van der Waals surface area contributed by atoms with Crippen molar-refractivity contribution in [3.05, 3.63) is 59.9 Å². The molecule has 0 fully saturated rings. The number of para-hydroxylation sites is 1.